The molecular formula is C21H25N3O4. The molecule has 1 unspecified atom stereocenters. The molecule has 1 aliphatic heterocycles. The minimum absolute atomic E-state index is 0.112. The molecule has 1 saturated heterocycles. The molecule has 0 bridgehead atoms. The zero-order valence-electron chi connectivity index (χ0n) is 15.9. The molecule has 148 valence electrons. The average molecular weight is 383 g/mol. The lowest BCUT2D eigenvalue weighted by atomic mass is 10.2. The number of hydrogen-bond donors (Lipinski definition) is 3. The number of hydrogen-bond acceptors (Lipinski definition) is 5. The maximum Gasteiger partial charge on any atom is 0.243 e. The lowest BCUT2D eigenvalue weighted by Gasteiger charge is -2.12. The quantitative estimate of drug-likeness (QED) is 0.651. The molecule has 7 heteroatoms. The van der Waals surface area contributed by atoms with Crippen LogP contribution in [0.4, 0.5) is 17.1 Å². The van der Waals surface area contributed by atoms with Crippen molar-refractivity contribution >= 4 is 28.9 Å². The molecule has 0 radical (unpaired) electrons. The fraction of sp³-hybridized carbons (Fsp3) is 0.333. The minimum atomic E-state index is -0.169. The fourth-order valence-corrected chi connectivity index (χ4v) is 2.90. The van der Waals surface area contributed by atoms with Gasteiger partial charge in [-0.3, -0.25) is 9.59 Å². The lowest BCUT2D eigenvalue weighted by molar-refractivity contribution is -0.115. The molecule has 0 aliphatic carbocycles. The maximum absolute atomic E-state index is 12.1. The summed E-state index contributed by atoms with van der Waals surface area (Å²) < 4.78 is 11.2. The van der Waals surface area contributed by atoms with Crippen molar-refractivity contribution in [1.82, 2.24) is 0 Å². The first-order valence-corrected chi connectivity index (χ1v) is 9.34. The molecule has 0 saturated carbocycles. The van der Waals surface area contributed by atoms with E-state index in [1.165, 1.54) is 6.92 Å². The Labute approximate surface area is 164 Å². The van der Waals surface area contributed by atoms with Gasteiger partial charge in [-0.15, -0.1) is 0 Å². The van der Waals surface area contributed by atoms with E-state index in [0.29, 0.717) is 18.0 Å². The first kappa shape index (κ1) is 19.7. The van der Waals surface area contributed by atoms with Crippen molar-refractivity contribution in [2.75, 3.05) is 35.7 Å². The van der Waals surface area contributed by atoms with E-state index in [9.17, 15) is 9.59 Å². The standard InChI is InChI=1S/C21H25N3O4/c1-15(25)23-18-5-2-4-17(12-18)22-13-21(26)24-16-7-9-19(10-8-16)28-14-20-6-3-11-27-20/h2,4-5,7-10,12,20,22H,3,6,11,13-14H2,1H3,(H,23,25)(H,24,26). The normalized spacial score (nSPS) is 15.7. The number of benzene rings is 2. The van der Waals surface area contributed by atoms with Crippen LogP contribution in [0.3, 0.4) is 0 Å². The van der Waals surface area contributed by atoms with E-state index in [-0.39, 0.29) is 24.5 Å². The SMILES string of the molecule is CC(=O)Nc1cccc(NCC(=O)Nc2ccc(OCC3CCCO3)cc2)c1. The molecule has 1 aliphatic rings. The van der Waals surface area contributed by atoms with Gasteiger partial charge < -0.3 is 25.4 Å². The summed E-state index contributed by atoms with van der Waals surface area (Å²) in [4.78, 5) is 23.3. The summed E-state index contributed by atoms with van der Waals surface area (Å²) in [6.45, 7) is 2.92. The summed E-state index contributed by atoms with van der Waals surface area (Å²) in [5, 5.41) is 8.58. The smallest absolute Gasteiger partial charge is 0.243 e. The molecule has 3 rings (SSSR count). The summed E-state index contributed by atoms with van der Waals surface area (Å²) in [6.07, 6.45) is 2.30. The third-order valence-electron chi connectivity index (χ3n) is 4.23. The Morgan fingerprint density at radius 1 is 1.07 bits per heavy atom. The third-order valence-corrected chi connectivity index (χ3v) is 4.23. The van der Waals surface area contributed by atoms with E-state index in [1.807, 2.05) is 18.2 Å². The van der Waals surface area contributed by atoms with Crippen LogP contribution in [0.25, 0.3) is 0 Å². The molecule has 0 spiro atoms. The van der Waals surface area contributed by atoms with Crippen LogP contribution in [0.15, 0.2) is 48.5 Å². The molecule has 7 nitrogen and oxygen atoms in total. The molecule has 1 fully saturated rings. The Balaban J connectivity index is 1.43. The van der Waals surface area contributed by atoms with E-state index >= 15 is 0 Å². The minimum Gasteiger partial charge on any atom is -0.491 e. The van der Waals surface area contributed by atoms with Crippen LogP contribution in [0, 0.1) is 0 Å². The first-order valence-electron chi connectivity index (χ1n) is 9.34. The van der Waals surface area contributed by atoms with Gasteiger partial charge in [-0.2, -0.15) is 0 Å². The van der Waals surface area contributed by atoms with Crippen LogP contribution in [0.1, 0.15) is 19.8 Å². The fourth-order valence-electron chi connectivity index (χ4n) is 2.90. The molecule has 2 amide bonds. The summed E-state index contributed by atoms with van der Waals surface area (Å²) in [7, 11) is 0. The zero-order valence-corrected chi connectivity index (χ0v) is 15.9. The second kappa shape index (κ2) is 9.75. The van der Waals surface area contributed by atoms with Gasteiger partial charge in [0.2, 0.25) is 11.8 Å². The molecule has 0 aromatic heterocycles. The molecule has 1 heterocycles. The third kappa shape index (κ3) is 6.28. The van der Waals surface area contributed by atoms with Crippen LogP contribution in [-0.2, 0) is 14.3 Å². The van der Waals surface area contributed by atoms with Crippen molar-refractivity contribution in [3.05, 3.63) is 48.5 Å². The number of rotatable bonds is 8. The molecular weight excluding hydrogens is 358 g/mol. The highest BCUT2D eigenvalue weighted by molar-refractivity contribution is 5.94. The van der Waals surface area contributed by atoms with E-state index in [2.05, 4.69) is 16.0 Å². The number of ether oxygens (including phenoxy) is 2. The van der Waals surface area contributed by atoms with E-state index in [4.69, 9.17) is 9.47 Å². The number of carbonyl (C=O) groups is 2. The summed E-state index contributed by atoms with van der Waals surface area (Å²) in [5.74, 6) is 0.442. The summed E-state index contributed by atoms with van der Waals surface area (Å²) >= 11 is 0. The monoisotopic (exact) mass is 383 g/mol. The van der Waals surface area contributed by atoms with E-state index < -0.39 is 0 Å². The highest BCUT2D eigenvalue weighted by atomic mass is 16.5. The Hall–Kier alpha value is -3.06. The van der Waals surface area contributed by atoms with E-state index in [0.717, 1.165) is 30.9 Å². The number of anilines is 3. The first-order chi connectivity index (χ1) is 13.6. The Morgan fingerprint density at radius 2 is 1.86 bits per heavy atom. The van der Waals surface area contributed by atoms with Gasteiger partial charge in [0, 0.05) is 30.6 Å². The van der Waals surface area contributed by atoms with Crippen LogP contribution in [0.5, 0.6) is 5.75 Å². The van der Waals surface area contributed by atoms with Gasteiger partial charge in [0.25, 0.3) is 0 Å². The van der Waals surface area contributed by atoms with Crippen molar-refractivity contribution in [2.45, 2.75) is 25.9 Å². The largest absolute Gasteiger partial charge is 0.491 e. The van der Waals surface area contributed by atoms with Crippen LogP contribution < -0.4 is 20.7 Å². The van der Waals surface area contributed by atoms with Crippen molar-refractivity contribution in [3.63, 3.8) is 0 Å². The Bertz CT molecular complexity index is 802. The number of carbonyl (C=O) groups excluding carboxylic acids is 2. The van der Waals surface area contributed by atoms with Crippen molar-refractivity contribution in [1.29, 1.82) is 0 Å². The predicted octanol–water partition coefficient (Wildman–Crippen LogP) is 3.25. The number of nitrogens with one attached hydrogen (secondary N) is 3. The highest BCUT2D eigenvalue weighted by Gasteiger charge is 2.15. The van der Waals surface area contributed by atoms with Gasteiger partial charge in [0.1, 0.15) is 12.4 Å². The van der Waals surface area contributed by atoms with Gasteiger partial charge in [-0.1, -0.05) is 6.07 Å². The molecule has 28 heavy (non-hydrogen) atoms. The summed E-state index contributed by atoms with van der Waals surface area (Å²) in [5.41, 5.74) is 2.12. The van der Waals surface area contributed by atoms with Gasteiger partial charge in [0.05, 0.1) is 12.6 Å². The maximum atomic E-state index is 12.1. The molecule has 2 aromatic carbocycles. The van der Waals surface area contributed by atoms with Gasteiger partial charge in [-0.05, 0) is 55.3 Å². The predicted molar refractivity (Wildman–Crippen MR) is 109 cm³/mol. The lowest BCUT2D eigenvalue weighted by Crippen LogP contribution is -2.21. The zero-order chi connectivity index (χ0) is 19.8. The Morgan fingerprint density at radius 3 is 2.57 bits per heavy atom. The average Bonchev–Trinajstić information content (AvgIpc) is 3.19. The van der Waals surface area contributed by atoms with Crippen LogP contribution >= 0.6 is 0 Å². The van der Waals surface area contributed by atoms with Crippen LogP contribution in [0.2, 0.25) is 0 Å². The van der Waals surface area contributed by atoms with Crippen LogP contribution in [-0.4, -0.2) is 37.7 Å². The number of amides is 2. The van der Waals surface area contributed by atoms with E-state index in [1.54, 1.807) is 30.3 Å². The second-order valence-corrected chi connectivity index (χ2v) is 6.63. The van der Waals surface area contributed by atoms with Gasteiger partial charge in [0.15, 0.2) is 0 Å². The molecule has 2 aromatic rings. The van der Waals surface area contributed by atoms with Gasteiger partial charge >= 0.3 is 0 Å². The molecule has 1 atom stereocenters. The second-order valence-electron chi connectivity index (χ2n) is 6.63. The van der Waals surface area contributed by atoms with Crippen molar-refractivity contribution in [2.24, 2.45) is 0 Å². The topological polar surface area (TPSA) is 88.7 Å². The summed E-state index contributed by atoms with van der Waals surface area (Å²) in [6, 6.07) is 14.5. The van der Waals surface area contributed by atoms with Crippen molar-refractivity contribution < 1.29 is 19.1 Å². The highest BCUT2D eigenvalue weighted by Crippen LogP contribution is 2.19. The van der Waals surface area contributed by atoms with Crippen molar-refractivity contribution in [3.8, 4) is 5.75 Å². The van der Waals surface area contributed by atoms with Gasteiger partial charge in [-0.25, -0.2) is 0 Å². The molecule has 3 N–H and O–H groups in total. The Kier molecular flexibility index (Phi) is 6.86.